The van der Waals surface area contributed by atoms with Gasteiger partial charge in [-0.3, -0.25) is 10.1 Å². The third kappa shape index (κ3) is 3.01. The molecule has 0 aliphatic rings. The van der Waals surface area contributed by atoms with Crippen molar-refractivity contribution in [1.82, 2.24) is 5.16 Å². The molecule has 0 unspecified atom stereocenters. The summed E-state index contributed by atoms with van der Waals surface area (Å²) in [5, 5.41) is 7.71. The molecule has 4 rings (SSSR count). The van der Waals surface area contributed by atoms with Crippen LogP contribution in [0.25, 0.3) is 22.2 Å². The normalized spacial score (nSPS) is 11.1. The number of hydrogen-bond acceptors (Lipinski definition) is 4. The number of hydrogen-bond donors (Lipinski definition) is 1. The van der Waals surface area contributed by atoms with Crippen molar-refractivity contribution in [2.45, 2.75) is 27.7 Å². The summed E-state index contributed by atoms with van der Waals surface area (Å²) in [6, 6.07) is 13.7. The zero-order chi connectivity index (χ0) is 19.1. The number of nitrogens with one attached hydrogen (secondary N) is 1. The molecule has 2 aromatic carbocycles. The van der Waals surface area contributed by atoms with Crippen LogP contribution >= 0.6 is 0 Å². The Bertz CT molecular complexity index is 1150. The van der Waals surface area contributed by atoms with E-state index in [1.807, 2.05) is 64.1 Å². The molecule has 1 amide bonds. The molecule has 5 nitrogen and oxygen atoms in total. The molecule has 0 saturated heterocycles. The largest absolute Gasteiger partial charge is 0.450 e. The van der Waals surface area contributed by atoms with Crippen LogP contribution in [0.4, 0.5) is 5.88 Å². The lowest BCUT2D eigenvalue weighted by Crippen LogP contribution is -2.11. The molecule has 4 aromatic rings. The van der Waals surface area contributed by atoms with Crippen molar-refractivity contribution in [3.8, 4) is 11.3 Å². The van der Waals surface area contributed by atoms with Gasteiger partial charge in [0.2, 0.25) is 5.88 Å². The van der Waals surface area contributed by atoms with E-state index in [0.717, 1.165) is 33.2 Å². The summed E-state index contributed by atoms with van der Waals surface area (Å²) in [5.41, 5.74) is 6.48. The molecule has 0 fully saturated rings. The smallest absolute Gasteiger partial charge is 0.294 e. The minimum atomic E-state index is -0.354. The Morgan fingerprint density at radius 1 is 0.963 bits per heavy atom. The van der Waals surface area contributed by atoms with Gasteiger partial charge in [-0.1, -0.05) is 47.1 Å². The van der Waals surface area contributed by atoms with Crippen molar-refractivity contribution in [3.05, 3.63) is 70.5 Å². The van der Waals surface area contributed by atoms with Crippen LogP contribution in [0.2, 0.25) is 0 Å². The fourth-order valence-corrected chi connectivity index (χ4v) is 3.10. The summed E-state index contributed by atoms with van der Waals surface area (Å²) >= 11 is 0. The molecule has 2 heterocycles. The second-order valence-corrected chi connectivity index (χ2v) is 6.84. The minimum absolute atomic E-state index is 0.281. The molecule has 0 radical (unpaired) electrons. The summed E-state index contributed by atoms with van der Waals surface area (Å²) in [6.45, 7) is 7.92. The van der Waals surface area contributed by atoms with Crippen LogP contribution in [0.1, 0.15) is 32.8 Å². The van der Waals surface area contributed by atoms with E-state index in [2.05, 4.69) is 10.5 Å². The fourth-order valence-electron chi connectivity index (χ4n) is 3.10. The number of benzene rings is 2. The highest BCUT2D eigenvalue weighted by atomic mass is 16.5. The second kappa shape index (κ2) is 6.43. The highest BCUT2D eigenvalue weighted by molar-refractivity contribution is 6.06. The monoisotopic (exact) mass is 360 g/mol. The Balaban J connectivity index is 1.61. The number of aryl methyl sites for hydroxylation is 4. The molecule has 5 heteroatoms. The molecule has 1 N–H and O–H groups in total. The Morgan fingerprint density at radius 2 is 1.70 bits per heavy atom. The van der Waals surface area contributed by atoms with E-state index in [1.165, 1.54) is 5.56 Å². The summed E-state index contributed by atoms with van der Waals surface area (Å²) < 4.78 is 11.1. The van der Waals surface area contributed by atoms with Crippen LogP contribution in [-0.4, -0.2) is 11.1 Å². The van der Waals surface area contributed by atoms with E-state index in [4.69, 9.17) is 8.94 Å². The van der Waals surface area contributed by atoms with E-state index < -0.39 is 0 Å². The highest BCUT2D eigenvalue weighted by Crippen LogP contribution is 2.30. The first-order valence-electron chi connectivity index (χ1n) is 8.78. The number of aromatic nitrogens is 1. The summed E-state index contributed by atoms with van der Waals surface area (Å²) in [7, 11) is 0. The minimum Gasteiger partial charge on any atom is -0.450 e. The zero-order valence-electron chi connectivity index (χ0n) is 15.7. The average molecular weight is 360 g/mol. The predicted molar refractivity (Wildman–Crippen MR) is 105 cm³/mol. The number of carbonyl (C=O) groups is 1. The van der Waals surface area contributed by atoms with Crippen LogP contribution in [0, 0.1) is 27.7 Å². The molecule has 0 aliphatic heterocycles. The van der Waals surface area contributed by atoms with E-state index in [-0.39, 0.29) is 17.6 Å². The topological polar surface area (TPSA) is 68.3 Å². The maximum atomic E-state index is 12.7. The first-order chi connectivity index (χ1) is 12.9. The van der Waals surface area contributed by atoms with Crippen LogP contribution in [0.3, 0.4) is 0 Å². The van der Waals surface area contributed by atoms with Crippen LogP contribution in [-0.2, 0) is 0 Å². The summed E-state index contributed by atoms with van der Waals surface area (Å²) in [5.74, 6) is 0.211. The molecule has 2 aromatic heterocycles. The number of anilines is 1. The van der Waals surface area contributed by atoms with Crippen molar-refractivity contribution in [1.29, 1.82) is 0 Å². The Labute approximate surface area is 157 Å². The van der Waals surface area contributed by atoms with E-state index in [9.17, 15) is 4.79 Å². The van der Waals surface area contributed by atoms with Crippen molar-refractivity contribution in [2.75, 3.05) is 5.32 Å². The molecular weight excluding hydrogens is 340 g/mol. The van der Waals surface area contributed by atoms with Crippen molar-refractivity contribution >= 4 is 22.8 Å². The maximum absolute atomic E-state index is 12.7. The quantitative estimate of drug-likeness (QED) is 0.518. The van der Waals surface area contributed by atoms with Crippen LogP contribution in [0.5, 0.6) is 0 Å². The molecular formula is C22H20N2O3. The molecule has 0 saturated carbocycles. The molecule has 0 aliphatic carbocycles. The third-order valence-corrected chi connectivity index (χ3v) is 4.93. The van der Waals surface area contributed by atoms with Gasteiger partial charge in [0.1, 0.15) is 11.3 Å². The number of amides is 1. The molecule has 0 spiro atoms. The molecule has 0 bridgehead atoms. The SMILES string of the molecule is Cc1ccc(-c2cc(NC(=O)c3oc4c(C)c(C)ccc4c3C)on2)cc1. The Hall–Kier alpha value is -3.34. The standard InChI is InChI=1S/C22H20N2O3/c1-12-5-8-16(9-6-12)18-11-19(27-24-18)23-22(25)21-15(4)17-10-7-13(2)14(3)20(17)26-21/h5-11H,1-4H3,(H,23,25). The number of fused-ring (bicyclic) bond motifs is 1. The van der Waals surface area contributed by atoms with E-state index in [1.54, 1.807) is 6.07 Å². The van der Waals surface area contributed by atoms with Gasteiger partial charge in [0.25, 0.3) is 5.91 Å². The summed E-state index contributed by atoms with van der Waals surface area (Å²) in [6.07, 6.45) is 0. The average Bonchev–Trinajstić information content (AvgIpc) is 3.24. The molecule has 0 atom stereocenters. The zero-order valence-corrected chi connectivity index (χ0v) is 15.7. The van der Waals surface area contributed by atoms with Gasteiger partial charge in [-0.05, 0) is 38.8 Å². The van der Waals surface area contributed by atoms with Gasteiger partial charge in [-0.15, -0.1) is 0 Å². The lowest BCUT2D eigenvalue weighted by molar-refractivity contribution is 0.0994. The highest BCUT2D eigenvalue weighted by Gasteiger charge is 2.20. The van der Waals surface area contributed by atoms with Gasteiger partial charge >= 0.3 is 0 Å². The van der Waals surface area contributed by atoms with Crippen molar-refractivity contribution in [3.63, 3.8) is 0 Å². The van der Waals surface area contributed by atoms with Gasteiger partial charge in [0, 0.05) is 22.6 Å². The van der Waals surface area contributed by atoms with Crippen molar-refractivity contribution < 1.29 is 13.7 Å². The predicted octanol–water partition coefficient (Wildman–Crippen LogP) is 5.57. The van der Waals surface area contributed by atoms with Gasteiger partial charge in [-0.25, -0.2) is 0 Å². The fraction of sp³-hybridized carbons (Fsp3) is 0.182. The maximum Gasteiger partial charge on any atom is 0.294 e. The van der Waals surface area contributed by atoms with Crippen molar-refractivity contribution in [2.24, 2.45) is 0 Å². The molecule has 27 heavy (non-hydrogen) atoms. The van der Waals surface area contributed by atoms with Crippen LogP contribution < -0.4 is 5.32 Å². The molecule has 136 valence electrons. The second-order valence-electron chi connectivity index (χ2n) is 6.84. The van der Waals surface area contributed by atoms with Gasteiger partial charge in [0.15, 0.2) is 5.76 Å². The Kier molecular flexibility index (Phi) is 4.07. The van der Waals surface area contributed by atoms with Gasteiger partial charge in [0.05, 0.1) is 0 Å². The number of furan rings is 1. The number of rotatable bonds is 3. The van der Waals surface area contributed by atoms with E-state index >= 15 is 0 Å². The number of carbonyl (C=O) groups excluding carboxylic acids is 1. The van der Waals surface area contributed by atoms with Crippen LogP contribution in [0.15, 0.2) is 51.4 Å². The van der Waals surface area contributed by atoms with Gasteiger partial charge < -0.3 is 8.94 Å². The first kappa shape index (κ1) is 17.1. The third-order valence-electron chi connectivity index (χ3n) is 4.93. The van der Waals surface area contributed by atoms with Gasteiger partial charge in [-0.2, -0.15) is 0 Å². The first-order valence-corrected chi connectivity index (χ1v) is 8.78. The van der Waals surface area contributed by atoms with E-state index in [0.29, 0.717) is 5.69 Å². The lowest BCUT2D eigenvalue weighted by atomic mass is 10.0. The number of nitrogens with zero attached hydrogens (tertiary/aromatic N) is 1. The summed E-state index contributed by atoms with van der Waals surface area (Å²) in [4.78, 5) is 12.7. The Morgan fingerprint density at radius 3 is 2.44 bits per heavy atom. The lowest BCUT2D eigenvalue weighted by Gasteiger charge is -1.99.